The predicted molar refractivity (Wildman–Crippen MR) is 89.4 cm³/mol. The topological polar surface area (TPSA) is 42.4 Å². The van der Waals surface area contributed by atoms with Gasteiger partial charge in [-0.2, -0.15) is 0 Å². The molecule has 1 aromatic heterocycles. The molecular weight excluding hydrogens is 260 g/mol. The highest BCUT2D eigenvalue weighted by Gasteiger charge is 2.21. The van der Waals surface area contributed by atoms with Gasteiger partial charge in [-0.3, -0.25) is 4.90 Å². The van der Waals surface area contributed by atoms with Gasteiger partial charge in [0.15, 0.2) is 0 Å². The molecule has 0 aliphatic carbocycles. The Morgan fingerprint density at radius 2 is 1.95 bits per heavy atom. The third-order valence-corrected chi connectivity index (χ3v) is 4.03. The predicted octanol–water partition coefficient (Wildman–Crippen LogP) is 3.94. The lowest BCUT2D eigenvalue weighted by Crippen LogP contribution is -2.38. The Kier molecular flexibility index (Phi) is 5.07. The van der Waals surface area contributed by atoms with Crippen molar-refractivity contribution in [2.24, 2.45) is 11.1 Å². The van der Waals surface area contributed by atoms with Gasteiger partial charge in [0.2, 0.25) is 0 Å². The molecule has 1 aromatic carbocycles. The first-order valence-electron chi connectivity index (χ1n) is 7.86. The number of furan rings is 1. The van der Waals surface area contributed by atoms with Gasteiger partial charge >= 0.3 is 0 Å². The van der Waals surface area contributed by atoms with Crippen molar-refractivity contribution in [2.45, 2.75) is 40.7 Å². The molecular formula is C18H28N2O. The van der Waals surface area contributed by atoms with Crippen molar-refractivity contribution in [1.82, 2.24) is 4.90 Å². The summed E-state index contributed by atoms with van der Waals surface area (Å²) in [6.45, 7) is 12.5. The molecule has 116 valence electrons. The van der Waals surface area contributed by atoms with Gasteiger partial charge in [-0.25, -0.2) is 0 Å². The van der Waals surface area contributed by atoms with Crippen LogP contribution in [0.25, 0.3) is 11.0 Å². The molecule has 1 heterocycles. The van der Waals surface area contributed by atoms with Crippen molar-refractivity contribution in [1.29, 1.82) is 0 Å². The summed E-state index contributed by atoms with van der Waals surface area (Å²) < 4.78 is 5.88. The summed E-state index contributed by atoms with van der Waals surface area (Å²) >= 11 is 0. The molecule has 0 atom stereocenters. The Labute approximate surface area is 128 Å². The van der Waals surface area contributed by atoms with Crippen LogP contribution in [0.3, 0.4) is 0 Å². The van der Waals surface area contributed by atoms with Crippen LogP contribution in [0, 0.1) is 12.3 Å². The Balaban J connectivity index is 2.24. The summed E-state index contributed by atoms with van der Waals surface area (Å²) in [4.78, 5) is 2.50. The smallest absolute Gasteiger partial charge is 0.134 e. The molecule has 0 aliphatic heterocycles. The highest BCUT2D eigenvalue weighted by Crippen LogP contribution is 2.27. The van der Waals surface area contributed by atoms with E-state index in [0.717, 1.165) is 37.4 Å². The third kappa shape index (κ3) is 3.86. The van der Waals surface area contributed by atoms with Gasteiger partial charge in [0, 0.05) is 24.0 Å². The highest BCUT2D eigenvalue weighted by atomic mass is 16.3. The van der Waals surface area contributed by atoms with Crippen LogP contribution in [0.5, 0.6) is 0 Å². The molecule has 0 saturated heterocycles. The van der Waals surface area contributed by atoms with Crippen LogP contribution >= 0.6 is 0 Å². The van der Waals surface area contributed by atoms with Crippen LogP contribution in [0.15, 0.2) is 28.7 Å². The standard InChI is InChI=1S/C18H28N2O/c1-5-10-20(13-18(3,4)12-19)11-16-14(2)21-17-9-7-6-8-15(16)17/h6-9H,5,10-13,19H2,1-4H3. The van der Waals surface area contributed by atoms with Crippen molar-refractivity contribution in [3.05, 3.63) is 35.6 Å². The maximum Gasteiger partial charge on any atom is 0.134 e. The van der Waals surface area contributed by atoms with Crippen molar-refractivity contribution >= 4 is 11.0 Å². The molecule has 3 heteroatoms. The average Bonchev–Trinajstić information content (AvgIpc) is 2.75. The molecule has 0 unspecified atom stereocenters. The first-order valence-corrected chi connectivity index (χ1v) is 7.86. The SMILES string of the molecule is CCCN(Cc1c(C)oc2ccccc12)CC(C)(C)CN. The lowest BCUT2D eigenvalue weighted by atomic mass is 9.92. The summed E-state index contributed by atoms with van der Waals surface area (Å²) in [6.07, 6.45) is 1.15. The Morgan fingerprint density at radius 3 is 2.62 bits per heavy atom. The number of hydrogen-bond donors (Lipinski definition) is 1. The maximum atomic E-state index is 5.90. The Bertz CT molecular complexity index is 586. The second-order valence-electron chi connectivity index (χ2n) is 6.71. The van der Waals surface area contributed by atoms with E-state index in [1.165, 1.54) is 10.9 Å². The van der Waals surface area contributed by atoms with Crippen molar-refractivity contribution in [2.75, 3.05) is 19.6 Å². The number of nitrogens with zero attached hydrogens (tertiary/aromatic N) is 1. The number of fused-ring (bicyclic) bond motifs is 1. The van der Waals surface area contributed by atoms with Crippen LogP contribution < -0.4 is 5.73 Å². The van der Waals surface area contributed by atoms with Crippen molar-refractivity contribution in [3.63, 3.8) is 0 Å². The molecule has 3 nitrogen and oxygen atoms in total. The Hall–Kier alpha value is -1.32. The van der Waals surface area contributed by atoms with Crippen molar-refractivity contribution < 1.29 is 4.42 Å². The van der Waals surface area contributed by atoms with Gasteiger partial charge in [-0.05, 0) is 37.9 Å². The summed E-state index contributed by atoms with van der Waals surface area (Å²) in [5, 5.41) is 1.24. The van der Waals surface area contributed by atoms with Gasteiger partial charge in [-0.1, -0.05) is 39.0 Å². The molecule has 2 N–H and O–H groups in total. The minimum Gasteiger partial charge on any atom is -0.461 e. The summed E-state index contributed by atoms with van der Waals surface area (Å²) in [5.41, 5.74) is 8.34. The number of nitrogens with two attached hydrogens (primary N) is 1. The van der Waals surface area contributed by atoms with E-state index >= 15 is 0 Å². The molecule has 0 bridgehead atoms. The molecule has 0 saturated carbocycles. The van der Waals surface area contributed by atoms with Crippen LogP contribution in [-0.4, -0.2) is 24.5 Å². The van der Waals surface area contributed by atoms with E-state index < -0.39 is 0 Å². The fourth-order valence-electron chi connectivity index (χ4n) is 2.84. The molecule has 0 radical (unpaired) electrons. The summed E-state index contributed by atoms with van der Waals surface area (Å²) in [7, 11) is 0. The lowest BCUT2D eigenvalue weighted by Gasteiger charge is -2.31. The molecule has 2 rings (SSSR count). The normalized spacial score (nSPS) is 12.5. The lowest BCUT2D eigenvalue weighted by molar-refractivity contribution is 0.175. The van der Waals surface area contributed by atoms with Crippen molar-refractivity contribution in [3.8, 4) is 0 Å². The van der Waals surface area contributed by atoms with E-state index in [1.807, 2.05) is 12.1 Å². The minimum atomic E-state index is 0.141. The van der Waals surface area contributed by atoms with Gasteiger partial charge in [0.05, 0.1) is 0 Å². The van der Waals surface area contributed by atoms with Gasteiger partial charge in [-0.15, -0.1) is 0 Å². The van der Waals surface area contributed by atoms with Crippen LogP contribution in [0.2, 0.25) is 0 Å². The van der Waals surface area contributed by atoms with E-state index in [1.54, 1.807) is 0 Å². The van der Waals surface area contributed by atoms with Crippen LogP contribution in [-0.2, 0) is 6.54 Å². The van der Waals surface area contributed by atoms with Gasteiger partial charge in [0.1, 0.15) is 11.3 Å². The van der Waals surface area contributed by atoms with Gasteiger partial charge < -0.3 is 10.2 Å². The first-order chi connectivity index (χ1) is 9.96. The van der Waals surface area contributed by atoms with E-state index in [4.69, 9.17) is 10.2 Å². The zero-order valence-electron chi connectivity index (χ0n) is 13.8. The highest BCUT2D eigenvalue weighted by molar-refractivity contribution is 5.82. The largest absolute Gasteiger partial charge is 0.461 e. The third-order valence-electron chi connectivity index (χ3n) is 4.03. The summed E-state index contributed by atoms with van der Waals surface area (Å²) in [6, 6.07) is 8.30. The quantitative estimate of drug-likeness (QED) is 0.839. The second-order valence-corrected chi connectivity index (χ2v) is 6.71. The maximum absolute atomic E-state index is 5.90. The number of hydrogen-bond acceptors (Lipinski definition) is 3. The Morgan fingerprint density at radius 1 is 1.24 bits per heavy atom. The monoisotopic (exact) mass is 288 g/mol. The van der Waals surface area contributed by atoms with Crippen LogP contribution in [0.1, 0.15) is 38.5 Å². The molecule has 2 aromatic rings. The van der Waals surface area contributed by atoms with E-state index in [9.17, 15) is 0 Å². The molecule has 0 aliphatic rings. The van der Waals surface area contributed by atoms with Crippen LogP contribution in [0.4, 0.5) is 0 Å². The number of aryl methyl sites for hydroxylation is 1. The fraction of sp³-hybridized carbons (Fsp3) is 0.556. The molecule has 0 spiro atoms. The molecule has 0 amide bonds. The second kappa shape index (κ2) is 6.63. The number of para-hydroxylation sites is 1. The summed E-state index contributed by atoms with van der Waals surface area (Å²) in [5.74, 6) is 1.03. The zero-order chi connectivity index (χ0) is 15.5. The number of benzene rings is 1. The van der Waals surface area contributed by atoms with E-state index in [2.05, 4.69) is 44.7 Å². The average molecular weight is 288 g/mol. The van der Waals surface area contributed by atoms with E-state index in [-0.39, 0.29) is 5.41 Å². The van der Waals surface area contributed by atoms with E-state index in [0.29, 0.717) is 6.54 Å². The molecule has 21 heavy (non-hydrogen) atoms. The molecule has 0 fully saturated rings. The zero-order valence-corrected chi connectivity index (χ0v) is 13.8. The van der Waals surface area contributed by atoms with Gasteiger partial charge in [0.25, 0.3) is 0 Å². The first kappa shape index (κ1) is 16.1. The number of rotatable bonds is 7. The fourth-order valence-corrected chi connectivity index (χ4v) is 2.84. The minimum absolute atomic E-state index is 0.141.